The zero-order valence-electron chi connectivity index (χ0n) is 11.9. The van der Waals surface area contributed by atoms with Crippen LogP contribution in [0.3, 0.4) is 0 Å². The second-order valence-electron chi connectivity index (χ2n) is 5.03. The van der Waals surface area contributed by atoms with Crippen LogP contribution in [-0.4, -0.2) is 57.8 Å². The third-order valence-electron chi connectivity index (χ3n) is 3.54. The summed E-state index contributed by atoms with van der Waals surface area (Å²) < 4.78 is 7.24. The van der Waals surface area contributed by atoms with Gasteiger partial charge < -0.3 is 25.7 Å². The van der Waals surface area contributed by atoms with Crippen molar-refractivity contribution < 1.29 is 15.1 Å². The van der Waals surface area contributed by atoms with Crippen LogP contribution in [0.4, 0.5) is 5.82 Å². The third-order valence-corrected chi connectivity index (χ3v) is 3.54. The van der Waals surface area contributed by atoms with Crippen molar-refractivity contribution in [3.63, 3.8) is 0 Å². The van der Waals surface area contributed by atoms with Gasteiger partial charge in [-0.05, 0) is 13.8 Å². The lowest BCUT2D eigenvalue weighted by Gasteiger charge is -2.39. The van der Waals surface area contributed by atoms with Crippen LogP contribution in [0.25, 0.3) is 0 Å². The summed E-state index contributed by atoms with van der Waals surface area (Å²) in [7, 11) is 1.81. The Morgan fingerprint density at radius 1 is 1.60 bits per heavy atom. The number of hydrogen-bond acceptors (Lipinski definition) is 6. The van der Waals surface area contributed by atoms with E-state index in [9.17, 15) is 5.11 Å². The summed E-state index contributed by atoms with van der Waals surface area (Å²) in [6, 6.07) is 0.109. The van der Waals surface area contributed by atoms with Crippen molar-refractivity contribution in [3.05, 3.63) is 11.3 Å². The van der Waals surface area contributed by atoms with E-state index < -0.39 is 0 Å². The van der Waals surface area contributed by atoms with Gasteiger partial charge in [0.05, 0.1) is 36.6 Å². The van der Waals surface area contributed by atoms with Crippen molar-refractivity contribution >= 4 is 11.7 Å². The van der Waals surface area contributed by atoms with Crippen LogP contribution in [0, 0.1) is 6.92 Å². The number of nitrogens with zero attached hydrogens (tertiary/aromatic N) is 4. The van der Waals surface area contributed by atoms with Crippen LogP contribution >= 0.6 is 0 Å². The molecule has 1 aromatic heterocycles. The highest BCUT2D eigenvalue weighted by Gasteiger charge is 2.31. The van der Waals surface area contributed by atoms with Gasteiger partial charge >= 0.3 is 0 Å². The van der Waals surface area contributed by atoms with Crippen molar-refractivity contribution in [2.24, 2.45) is 17.9 Å². The second-order valence-corrected chi connectivity index (χ2v) is 5.03. The zero-order chi connectivity index (χ0) is 14.9. The smallest absolute Gasteiger partial charge is 0.175 e. The fourth-order valence-electron chi connectivity index (χ4n) is 2.55. The molecule has 1 aliphatic heterocycles. The summed E-state index contributed by atoms with van der Waals surface area (Å²) in [6.07, 6.45) is -0.249. The highest BCUT2D eigenvalue weighted by molar-refractivity contribution is 6.02. The topological polar surface area (TPSA) is 109 Å². The maximum absolute atomic E-state index is 9.28. The lowest BCUT2D eigenvalue weighted by molar-refractivity contribution is -0.0107. The predicted octanol–water partition coefficient (Wildman–Crippen LogP) is -0.591. The molecule has 4 N–H and O–H groups in total. The Balaban J connectivity index is 2.45. The van der Waals surface area contributed by atoms with Crippen LogP contribution in [0.2, 0.25) is 0 Å². The molecule has 8 heteroatoms. The molecule has 20 heavy (non-hydrogen) atoms. The molecule has 0 radical (unpaired) electrons. The number of morpholine rings is 1. The first-order chi connectivity index (χ1) is 9.49. The van der Waals surface area contributed by atoms with Crippen LogP contribution in [0.1, 0.15) is 18.2 Å². The molecule has 0 bridgehead atoms. The molecule has 1 saturated heterocycles. The number of aromatic nitrogens is 2. The maximum Gasteiger partial charge on any atom is 0.175 e. The van der Waals surface area contributed by atoms with Gasteiger partial charge in [0.25, 0.3) is 0 Å². The Bertz CT molecular complexity index is 513. The van der Waals surface area contributed by atoms with E-state index in [0.717, 1.165) is 5.82 Å². The normalized spacial score (nSPS) is 24.2. The lowest BCUT2D eigenvalue weighted by atomic mass is 10.1. The Hall–Kier alpha value is -1.80. The van der Waals surface area contributed by atoms with Gasteiger partial charge in [-0.3, -0.25) is 4.68 Å². The van der Waals surface area contributed by atoms with E-state index in [1.807, 2.05) is 20.9 Å². The molecule has 2 atom stereocenters. The number of aliphatic hydroxyl groups excluding tert-OH is 1. The first-order valence-electron chi connectivity index (χ1n) is 6.50. The van der Waals surface area contributed by atoms with Crippen molar-refractivity contribution in [1.29, 1.82) is 0 Å². The summed E-state index contributed by atoms with van der Waals surface area (Å²) >= 11 is 0. The Kier molecular flexibility index (Phi) is 4.15. The van der Waals surface area contributed by atoms with Crippen molar-refractivity contribution in [3.8, 4) is 0 Å². The SMILES string of the molecule is Cc1nn(C)c(N2CC(CO)OCC2C)c1C(N)=NO. The highest BCUT2D eigenvalue weighted by atomic mass is 16.5. The van der Waals surface area contributed by atoms with Crippen LogP contribution < -0.4 is 10.6 Å². The monoisotopic (exact) mass is 283 g/mol. The Morgan fingerprint density at radius 2 is 2.30 bits per heavy atom. The van der Waals surface area contributed by atoms with Gasteiger partial charge in [0.1, 0.15) is 5.82 Å². The molecule has 2 heterocycles. The largest absolute Gasteiger partial charge is 0.409 e. The van der Waals surface area contributed by atoms with Gasteiger partial charge in [-0.15, -0.1) is 0 Å². The number of rotatable bonds is 3. The molecule has 2 rings (SSSR count). The van der Waals surface area contributed by atoms with E-state index in [0.29, 0.717) is 24.4 Å². The van der Waals surface area contributed by atoms with Gasteiger partial charge in [0.2, 0.25) is 0 Å². The van der Waals surface area contributed by atoms with Gasteiger partial charge in [0.15, 0.2) is 5.84 Å². The quantitative estimate of drug-likeness (QED) is 0.296. The molecular formula is C12H21N5O3. The molecule has 0 saturated carbocycles. The second kappa shape index (κ2) is 5.68. The first kappa shape index (κ1) is 14.6. The molecule has 0 amide bonds. The number of amidine groups is 1. The molecule has 2 unspecified atom stereocenters. The number of aliphatic hydroxyl groups is 1. The van der Waals surface area contributed by atoms with Crippen LogP contribution in [0.5, 0.6) is 0 Å². The van der Waals surface area contributed by atoms with Crippen molar-refractivity contribution in [2.45, 2.75) is 26.0 Å². The highest BCUT2D eigenvalue weighted by Crippen LogP contribution is 2.27. The standard InChI is InChI=1S/C12H21N5O3/c1-7-6-20-9(5-18)4-17(7)12-10(11(13)15-19)8(2)14-16(12)3/h7,9,18-19H,4-6H2,1-3H3,(H2,13,15). The molecule has 1 fully saturated rings. The predicted molar refractivity (Wildman–Crippen MR) is 74.1 cm³/mol. The van der Waals surface area contributed by atoms with Gasteiger partial charge in [-0.25, -0.2) is 0 Å². The zero-order valence-corrected chi connectivity index (χ0v) is 11.9. The molecule has 0 spiro atoms. The maximum atomic E-state index is 9.28. The summed E-state index contributed by atoms with van der Waals surface area (Å²) in [5.74, 6) is 0.803. The van der Waals surface area contributed by atoms with E-state index >= 15 is 0 Å². The fourth-order valence-corrected chi connectivity index (χ4v) is 2.55. The van der Waals surface area contributed by atoms with Crippen molar-refractivity contribution in [1.82, 2.24) is 9.78 Å². The Morgan fingerprint density at radius 3 is 2.90 bits per heavy atom. The Labute approximate surface area is 117 Å². The third kappa shape index (κ3) is 2.44. The summed E-state index contributed by atoms with van der Waals surface area (Å²) in [6.45, 7) is 4.82. The van der Waals surface area contributed by atoms with E-state index in [1.165, 1.54) is 0 Å². The van der Waals surface area contributed by atoms with E-state index in [-0.39, 0.29) is 24.6 Å². The number of aryl methyl sites for hydroxylation is 2. The molecule has 0 aliphatic carbocycles. The average molecular weight is 283 g/mol. The average Bonchev–Trinajstić information content (AvgIpc) is 2.73. The lowest BCUT2D eigenvalue weighted by Crippen LogP contribution is -2.50. The van der Waals surface area contributed by atoms with Crippen molar-refractivity contribution in [2.75, 3.05) is 24.7 Å². The van der Waals surface area contributed by atoms with E-state index in [4.69, 9.17) is 15.7 Å². The minimum absolute atomic E-state index is 0.0323. The number of anilines is 1. The molecule has 1 aliphatic rings. The van der Waals surface area contributed by atoms with E-state index in [2.05, 4.69) is 15.2 Å². The molecular weight excluding hydrogens is 262 g/mol. The number of hydrogen-bond donors (Lipinski definition) is 3. The van der Waals surface area contributed by atoms with E-state index in [1.54, 1.807) is 4.68 Å². The fraction of sp³-hybridized carbons (Fsp3) is 0.667. The first-order valence-corrected chi connectivity index (χ1v) is 6.50. The number of ether oxygens (including phenoxy) is 1. The molecule has 8 nitrogen and oxygen atoms in total. The van der Waals surface area contributed by atoms with Crippen LogP contribution in [0.15, 0.2) is 5.16 Å². The summed E-state index contributed by atoms with van der Waals surface area (Å²) in [4.78, 5) is 2.07. The summed E-state index contributed by atoms with van der Waals surface area (Å²) in [5.41, 5.74) is 7.07. The number of oxime groups is 1. The summed E-state index contributed by atoms with van der Waals surface area (Å²) in [5, 5.41) is 25.7. The molecule has 112 valence electrons. The van der Waals surface area contributed by atoms with Gasteiger partial charge in [0, 0.05) is 13.6 Å². The number of nitrogens with two attached hydrogens (primary N) is 1. The minimum Gasteiger partial charge on any atom is -0.409 e. The minimum atomic E-state index is -0.249. The van der Waals surface area contributed by atoms with Gasteiger partial charge in [-0.1, -0.05) is 5.16 Å². The van der Waals surface area contributed by atoms with Crippen LogP contribution in [-0.2, 0) is 11.8 Å². The molecule has 0 aromatic carbocycles. The molecule has 1 aromatic rings. The van der Waals surface area contributed by atoms with Gasteiger partial charge in [-0.2, -0.15) is 5.10 Å².